The van der Waals surface area contributed by atoms with E-state index in [9.17, 15) is 4.79 Å². The number of carbonyl (C=O) groups is 1. The topological polar surface area (TPSA) is 32.7 Å². The molecule has 1 aromatic rings. The van der Waals surface area contributed by atoms with Gasteiger partial charge in [-0.25, -0.2) is 4.99 Å². The molecule has 1 rings (SSSR count). The van der Waals surface area contributed by atoms with Crippen molar-refractivity contribution >= 4 is 52.6 Å². The lowest BCUT2D eigenvalue weighted by atomic mass is 10.3. The van der Waals surface area contributed by atoms with Gasteiger partial charge in [-0.3, -0.25) is 4.79 Å². The van der Waals surface area contributed by atoms with Gasteiger partial charge in [-0.15, -0.1) is 0 Å². The quantitative estimate of drug-likeness (QED) is 0.270. The number of anilines is 1. The van der Waals surface area contributed by atoms with Crippen molar-refractivity contribution in [2.24, 2.45) is 4.99 Å². The van der Waals surface area contributed by atoms with E-state index in [0.717, 1.165) is 0 Å². The van der Waals surface area contributed by atoms with Crippen LogP contribution in [0.4, 0.5) is 5.69 Å². The number of aldehydes is 1. The highest BCUT2D eigenvalue weighted by Gasteiger charge is 2.11. The summed E-state index contributed by atoms with van der Waals surface area (Å²) in [4.78, 5) is 16.5. The minimum Gasteiger partial charge on any atom is -0.332 e. The summed E-state index contributed by atoms with van der Waals surface area (Å²) in [5.41, 5.74) is 1.08. The van der Waals surface area contributed by atoms with E-state index in [-0.39, 0.29) is 5.16 Å². The van der Waals surface area contributed by atoms with Gasteiger partial charge in [0.2, 0.25) is 0 Å². The van der Waals surface area contributed by atoms with Crippen molar-refractivity contribution in [2.45, 2.75) is 13.8 Å². The van der Waals surface area contributed by atoms with Crippen LogP contribution in [0.3, 0.4) is 0 Å². The molecule has 0 aromatic heterocycles. The zero-order valence-electron chi connectivity index (χ0n) is 10.7. The van der Waals surface area contributed by atoms with Crippen molar-refractivity contribution in [3.63, 3.8) is 0 Å². The minimum atomic E-state index is 0.150. The predicted molar refractivity (Wildman–Crippen MR) is 82.6 cm³/mol. The maximum absolute atomic E-state index is 10.6. The van der Waals surface area contributed by atoms with E-state index in [1.54, 1.807) is 37.9 Å². The molecular weight excluding hydrogens is 307 g/mol. The van der Waals surface area contributed by atoms with Gasteiger partial charge in [-0.05, 0) is 26.0 Å². The smallest absolute Gasteiger partial charge is 0.148 e. The normalized spacial score (nSPS) is 13.1. The Kier molecular flexibility index (Phi) is 5.85. The second kappa shape index (κ2) is 6.94. The molecule has 1 aromatic carbocycles. The highest BCUT2D eigenvalue weighted by molar-refractivity contribution is 6.44. The van der Waals surface area contributed by atoms with E-state index in [4.69, 9.17) is 34.8 Å². The fourth-order valence-corrected chi connectivity index (χ4v) is 1.87. The summed E-state index contributed by atoms with van der Waals surface area (Å²) in [6.07, 6.45) is 0.658. The number of carbonyl (C=O) groups excluding carboxylic acids is 1. The van der Waals surface area contributed by atoms with Gasteiger partial charge in [0, 0.05) is 12.6 Å². The molecule has 0 atom stereocenters. The van der Waals surface area contributed by atoms with Gasteiger partial charge in [-0.2, -0.15) is 0 Å². The number of allylic oxidation sites excluding steroid dienone is 1. The van der Waals surface area contributed by atoms with Gasteiger partial charge in [0.1, 0.15) is 17.3 Å². The molecule has 0 N–H and O–H groups in total. The Balaban J connectivity index is 3.13. The molecule has 0 fully saturated rings. The fourth-order valence-electron chi connectivity index (χ4n) is 1.28. The molecule has 0 saturated carbocycles. The van der Waals surface area contributed by atoms with Crippen LogP contribution in [-0.4, -0.2) is 19.2 Å². The maximum Gasteiger partial charge on any atom is 0.148 e. The molecule has 0 aliphatic heterocycles. The molecule has 0 saturated heterocycles. The molecule has 19 heavy (non-hydrogen) atoms. The molecule has 3 nitrogen and oxygen atoms in total. The third-order valence-corrected chi connectivity index (χ3v) is 3.73. The van der Waals surface area contributed by atoms with Crippen LogP contribution >= 0.6 is 34.8 Å². The Labute approximate surface area is 127 Å². The number of amidine groups is 1. The first kappa shape index (κ1) is 16.0. The van der Waals surface area contributed by atoms with Gasteiger partial charge < -0.3 is 4.90 Å². The number of hydrogen-bond acceptors (Lipinski definition) is 2. The lowest BCUT2D eigenvalue weighted by molar-refractivity contribution is -0.104. The summed E-state index contributed by atoms with van der Waals surface area (Å²) in [6.45, 7) is 3.36. The number of benzene rings is 1. The second-order valence-electron chi connectivity index (χ2n) is 3.88. The lowest BCUT2D eigenvalue weighted by Crippen LogP contribution is -2.23. The van der Waals surface area contributed by atoms with Crippen LogP contribution in [0.5, 0.6) is 0 Å². The van der Waals surface area contributed by atoms with Crippen molar-refractivity contribution in [3.05, 3.63) is 39.0 Å². The highest BCUT2D eigenvalue weighted by Crippen LogP contribution is 2.32. The summed E-state index contributed by atoms with van der Waals surface area (Å²) in [6, 6.07) is 5.32. The van der Waals surface area contributed by atoms with Gasteiger partial charge in [0.15, 0.2) is 0 Å². The average molecular weight is 320 g/mol. The predicted octanol–water partition coefficient (Wildman–Crippen LogP) is 4.52. The third-order valence-electron chi connectivity index (χ3n) is 2.54. The Morgan fingerprint density at radius 3 is 2.53 bits per heavy atom. The third kappa shape index (κ3) is 3.96. The zero-order valence-corrected chi connectivity index (χ0v) is 13.0. The molecule has 0 radical (unpaired) electrons. The number of rotatable bonds is 3. The largest absolute Gasteiger partial charge is 0.332 e. The van der Waals surface area contributed by atoms with E-state index in [1.807, 2.05) is 6.07 Å². The van der Waals surface area contributed by atoms with Crippen LogP contribution in [0, 0.1) is 0 Å². The molecule has 0 heterocycles. The standard InChI is InChI=1S/C13H13Cl3N2O/c1-8(7-19)13(16)17-9(2)18(3)11-6-4-5-10(14)12(11)15/h4-7H,1-3H3/b13-8-,17-9?. The first-order chi connectivity index (χ1) is 8.88. The van der Waals surface area contributed by atoms with Crippen molar-refractivity contribution in [1.29, 1.82) is 0 Å². The van der Waals surface area contributed by atoms with E-state index in [0.29, 0.717) is 33.4 Å². The van der Waals surface area contributed by atoms with Crippen LogP contribution in [-0.2, 0) is 4.79 Å². The molecule has 0 unspecified atom stereocenters. The minimum absolute atomic E-state index is 0.150. The summed E-state index contributed by atoms with van der Waals surface area (Å²) in [7, 11) is 1.79. The maximum atomic E-state index is 10.6. The molecule has 102 valence electrons. The molecule has 0 bridgehead atoms. The molecule has 0 aliphatic carbocycles. The van der Waals surface area contributed by atoms with Crippen molar-refractivity contribution in [1.82, 2.24) is 0 Å². The van der Waals surface area contributed by atoms with Crippen LogP contribution in [0.25, 0.3) is 0 Å². The van der Waals surface area contributed by atoms with Crippen molar-refractivity contribution < 1.29 is 4.79 Å². The summed E-state index contributed by atoms with van der Waals surface area (Å²) >= 11 is 18.0. The second-order valence-corrected chi connectivity index (χ2v) is 5.03. The monoisotopic (exact) mass is 318 g/mol. The van der Waals surface area contributed by atoms with Gasteiger partial charge in [0.25, 0.3) is 0 Å². The van der Waals surface area contributed by atoms with Crippen LogP contribution in [0.1, 0.15) is 13.8 Å². The Hall–Kier alpha value is -1.03. The first-order valence-electron chi connectivity index (χ1n) is 5.43. The van der Waals surface area contributed by atoms with E-state index < -0.39 is 0 Å². The average Bonchev–Trinajstić information content (AvgIpc) is 2.39. The zero-order chi connectivity index (χ0) is 14.6. The Morgan fingerprint density at radius 2 is 1.95 bits per heavy atom. The van der Waals surface area contributed by atoms with Crippen molar-refractivity contribution in [3.8, 4) is 0 Å². The summed E-state index contributed by atoms with van der Waals surface area (Å²) in [5, 5.41) is 1.05. The number of halogens is 3. The Morgan fingerprint density at radius 1 is 1.32 bits per heavy atom. The molecule has 6 heteroatoms. The Bertz CT molecular complexity index is 553. The lowest BCUT2D eigenvalue weighted by Gasteiger charge is -2.20. The first-order valence-corrected chi connectivity index (χ1v) is 6.56. The van der Waals surface area contributed by atoms with Crippen LogP contribution < -0.4 is 4.90 Å². The van der Waals surface area contributed by atoms with E-state index in [2.05, 4.69) is 4.99 Å². The molecule has 0 aliphatic rings. The number of nitrogens with zero attached hydrogens (tertiary/aromatic N) is 2. The fraction of sp³-hybridized carbons (Fsp3) is 0.231. The van der Waals surface area contributed by atoms with Gasteiger partial charge in [0.05, 0.1) is 15.7 Å². The molecule has 0 spiro atoms. The molecular formula is C13H13Cl3N2O. The number of aliphatic imine (C=N–C) groups is 1. The SMILES string of the molecule is CC(=N/C(Cl)=C(/C)C=O)N(C)c1cccc(Cl)c1Cl. The molecule has 0 amide bonds. The summed E-state index contributed by atoms with van der Waals surface area (Å²) in [5.74, 6) is 0.593. The summed E-state index contributed by atoms with van der Waals surface area (Å²) < 4.78 is 0. The number of hydrogen-bond donors (Lipinski definition) is 0. The van der Waals surface area contributed by atoms with E-state index >= 15 is 0 Å². The van der Waals surface area contributed by atoms with Crippen LogP contribution in [0.15, 0.2) is 33.9 Å². The van der Waals surface area contributed by atoms with E-state index in [1.165, 1.54) is 0 Å². The van der Waals surface area contributed by atoms with Crippen molar-refractivity contribution in [2.75, 3.05) is 11.9 Å². The highest BCUT2D eigenvalue weighted by atomic mass is 35.5. The van der Waals surface area contributed by atoms with Gasteiger partial charge in [-0.1, -0.05) is 40.9 Å². The van der Waals surface area contributed by atoms with Crippen LogP contribution in [0.2, 0.25) is 10.0 Å². The van der Waals surface area contributed by atoms with Gasteiger partial charge >= 0.3 is 0 Å².